The predicted molar refractivity (Wildman–Crippen MR) is 179 cm³/mol. The molecule has 0 aliphatic carbocycles. The monoisotopic (exact) mass is 771 g/mol. The summed E-state index contributed by atoms with van der Waals surface area (Å²) in [7, 11) is 0. The molecule has 4 aromatic heterocycles. The Morgan fingerprint density at radius 1 is 0.457 bits per heavy atom. The van der Waals surface area contributed by atoms with Gasteiger partial charge in [0.1, 0.15) is 0 Å². The Labute approximate surface area is 280 Å². The molecule has 0 aliphatic rings. The number of fused-ring (bicyclic) bond motifs is 2. The van der Waals surface area contributed by atoms with Gasteiger partial charge in [0.15, 0.2) is 5.88 Å². The van der Waals surface area contributed by atoms with E-state index in [0.29, 0.717) is 11.6 Å². The number of para-hydroxylation sites is 1. The molecule has 220 valence electrons. The van der Waals surface area contributed by atoms with Gasteiger partial charge in [0, 0.05) is 29.9 Å². The molecule has 0 unspecified atom stereocenters. The van der Waals surface area contributed by atoms with Crippen LogP contribution in [0.2, 0.25) is 0 Å². The van der Waals surface area contributed by atoms with Gasteiger partial charge < -0.3 is 14.7 Å². The molecular weight excluding hydrogens is 748 g/mol. The van der Waals surface area contributed by atoms with Crippen LogP contribution in [0.5, 0.6) is 11.6 Å². The van der Waals surface area contributed by atoms with Crippen molar-refractivity contribution in [1.82, 2.24) is 19.9 Å². The van der Waals surface area contributed by atoms with Gasteiger partial charge in [0.05, 0.1) is 0 Å². The number of pyridine rings is 4. The van der Waals surface area contributed by atoms with Gasteiger partial charge in [-0.1, -0.05) is 120 Å². The summed E-state index contributed by atoms with van der Waals surface area (Å²) in [5.41, 5.74) is 9.09. The van der Waals surface area contributed by atoms with Crippen LogP contribution in [0, 0.1) is 12.1 Å². The van der Waals surface area contributed by atoms with Crippen LogP contribution in [-0.4, -0.2) is 19.9 Å². The van der Waals surface area contributed by atoms with Crippen molar-refractivity contribution in [1.29, 1.82) is 0 Å². The molecule has 6 heteroatoms. The molecule has 0 atom stereocenters. The Kier molecular flexibility index (Phi) is 8.16. The van der Waals surface area contributed by atoms with Crippen molar-refractivity contribution < 1.29 is 25.8 Å². The van der Waals surface area contributed by atoms with Gasteiger partial charge >= 0.3 is 21.1 Å². The van der Waals surface area contributed by atoms with E-state index in [4.69, 9.17) is 19.7 Å². The van der Waals surface area contributed by atoms with Crippen LogP contribution in [0.3, 0.4) is 0 Å². The maximum atomic E-state index is 6.43. The molecule has 4 heterocycles. The minimum absolute atomic E-state index is 0. The van der Waals surface area contributed by atoms with Gasteiger partial charge in [-0.05, 0) is 57.4 Å². The summed E-state index contributed by atoms with van der Waals surface area (Å²) in [6.07, 6.45) is 5.42. The molecule has 0 radical (unpaired) electrons. The third-order valence-electron chi connectivity index (χ3n) is 7.70. The second-order valence-electron chi connectivity index (χ2n) is 10.6. The first-order valence-corrected chi connectivity index (χ1v) is 14.6. The zero-order valence-electron chi connectivity index (χ0n) is 24.4. The summed E-state index contributed by atoms with van der Waals surface area (Å²) in [4.78, 5) is 18.9. The molecule has 5 nitrogen and oxygen atoms in total. The summed E-state index contributed by atoms with van der Waals surface area (Å²) >= 11 is 0. The van der Waals surface area contributed by atoms with Gasteiger partial charge in [-0.3, -0.25) is 4.98 Å². The number of benzene rings is 4. The van der Waals surface area contributed by atoms with E-state index in [9.17, 15) is 0 Å². The minimum atomic E-state index is 0. The third-order valence-corrected chi connectivity index (χ3v) is 7.70. The number of hydrogen-bond acceptors (Lipinski definition) is 5. The number of hydrogen-bond donors (Lipinski definition) is 0. The van der Waals surface area contributed by atoms with Gasteiger partial charge in [0.2, 0.25) is 0 Å². The number of nitrogens with zero attached hydrogens (tertiary/aromatic N) is 4. The van der Waals surface area contributed by atoms with Crippen LogP contribution in [0.25, 0.3) is 66.6 Å². The Bertz CT molecular complexity index is 2150. The topological polar surface area (TPSA) is 60.8 Å². The summed E-state index contributed by atoms with van der Waals surface area (Å²) in [6.45, 7) is 0. The molecule has 0 spiro atoms. The first kappa shape index (κ1) is 29.2. The van der Waals surface area contributed by atoms with E-state index in [0.717, 1.165) is 66.6 Å². The molecule has 0 amide bonds. The van der Waals surface area contributed by atoms with Crippen molar-refractivity contribution in [2.45, 2.75) is 0 Å². The van der Waals surface area contributed by atoms with Crippen LogP contribution in [-0.2, 0) is 21.1 Å². The Morgan fingerprint density at radius 3 is 1.70 bits per heavy atom. The maximum absolute atomic E-state index is 6.43. The minimum Gasteiger partial charge on any atom is -0.471 e. The second kappa shape index (κ2) is 12.8. The van der Waals surface area contributed by atoms with Gasteiger partial charge in [-0.15, -0.1) is 17.7 Å². The smallest absolute Gasteiger partial charge is 0.471 e. The molecule has 0 fully saturated rings. The number of ether oxygens (including phenoxy) is 1. The third kappa shape index (κ3) is 5.81. The Hall–Kier alpha value is -5.51. The molecule has 8 aromatic rings. The molecule has 4 aromatic carbocycles. The normalized spacial score (nSPS) is 10.9. The predicted octanol–water partition coefficient (Wildman–Crippen LogP) is 9.63. The second-order valence-corrected chi connectivity index (χ2v) is 10.6. The summed E-state index contributed by atoms with van der Waals surface area (Å²) in [5, 5.41) is 1.87. The standard InChI is InChI=1S/C40H24N4O.Pt/c1-3-10-27(11-4-1)29-17-20-42-37(22-29)34-24-31(25-39-33(34)15-9-19-41-39)45-40-26-35(32-14-7-8-16-36(32)44-40)38-23-30(18-21-43-38)28-12-5-2-6-13-28;/h1-23,25H;/q-2;+2. The summed E-state index contributed by atoms with van der Waals surface area (Å²) in [6, 6.07) is 49.4. The van der Waals surface area contributed by atoms with Crippen molar-refractivity contribution in [2.24, 2.45) is 0 Å². The van der Waals surface area contributed by atoms with Crippen LogP contribution < -0.4 is 4.74 Å². The fraction of sp³-hybridized carbons (Fsp3) is 0. The molecule has 8 rings (SSSR count). The average molecular weight is 772 g/mol. The summed E-state index contributed by atoms with van der Waals surface area (Å²) in [5.74, 6) is 0.790. The van der Waals surface area contributed by atoms with Crippen LogP contribution >= 0.6 is 0 Å². The van der Waals surface area contributed by atoms with E-state index in [2.05, 4.69) is 53.5 Å². The Morgan fingerprint density at radius 2 is 1.02 bits per heavy atom. The molecule has 46 heavy (non-hydrogen) atoms. The van der Waals surface area contributed by atoms with Gasteiger partial charge in [-0.25, -0.2) is 4.98 Å². The molecule has 0 bridgehead atoms. The van der Waals surface area contributed by atoms with E-state index in [-0.39, 0.29) is 21.1 Å². The number of aromatic nitrogens is 4. The maximum Gasteiger partial charge on any atom is 2.00 e. The van der Waals surface area contributed by atoms with Crippen molar-refractivity contribution in [2.75, 3.05) is 0 Å². The molecule has 0 aliphatic heterocycles. The molecular formula is C40H24N4OPt. The van der Waals surface area contributed by atoms with Gasteiger partial charge in [0.25, 0.3) is 0 Å². The first-order valence-electron chi connectivity index (χ1n) is 14.6. The fourth-order valence-electron chi connectivity index (χ4n) is 5.56. The van der Waals surface area contributed by atoms with Crippen molar-refractivity contribution in [3.8, 4) is 56.4 Å². The fourth-order valence-corrected chi connectivity index (χ4v) is 5.56. The van der Waals surface area contributed by atoms with E-state index in [1.807, 2.05) is 103 Å². The SMILES string of the molecule is [Pt+2].[c-]1c(Oc2[c-]c(-c3cc(-c4ccccc4)ccn3)c3ccccc3n2)cc2ncccc2c1-c1cc(-c2ccccc2)ccn1. The van der Waals surface area contributed by atoms with Crippen LogP contribution in [0.15, 0.2) is 146 Å². The molecule has 0 saturated carbocycles. The van der Waals surface area contributed by atoms with Gasteiger partial charge in [-0.2, -0.15) is 5.56 Å². The van der Waals surface area contributed by atoms with E-state index in [1.165, 1.54) is 0 Å². The van der Waals surface area contributed by atoms with Crippen LogP contribution in [0.4, 0.5) is 0 Å². The van der Waals surface area contributed by atoms with E-state index in [1.54, 1.807) is 6.20 Å². The number of rotatable bonds is 6. The Balaban J connectivity index is 0.00000338. The largest absolute Gasteiger partial charge is 2.00 e. The van der Waals surface area contributed by atoms with Crippen LogP contribution in [0.1, 0.15) is 0 Å². The van der Waals surface area contributed by atoms with Crippen molar-refractivity contribution >= 4 is 21.8 Å². The quantitative estimate of drug-likeness (QED) is 0.158. The zero-order valence-corrected chi connectivity index (χ0v) is 26.6. The zero-order chi connectivity index (χ0) is 30.0. The average Bonchev–Trinajstić information content (AvgIpc) is 3.12. The summed E-state index contributed by atoms with van der Waals surface area (Å²) < 4.78 is 6.43. The molecule has 0 saturated heterocycles. The van der Waals surface area contributed by atoms with Crippen molar-refractivity contribution in [3.63, 3.8) is 0 Å². The van der Waals surface area contributed by atoms with E-state index >= 15 is 0 Å². The van der Waals surface area contributed by atoms with E-state index < -0.39 is 0 Å². The molecule has 0 N–H and O–H groups in total. The van der Waals surface area contributed by atoms with Crippen molar-refractivity contribution in [3.05, 3.63) is 158 Å². The first-order chi connectivity index (χ1) is 22.3.